The molecule has 76 valence electrons. The number of carbonyl (C=O) groups is 1. The maximum atomic E-state index is 11.0. The summed E-state index contributed by atoms with van der Waals surface area (Å²) in [6.45, 7) is 2.83. The minimum absolute atomic E-state index is 0.0826. The van der Waals surface area contributed by atoms with Gasteiger partial charge in [-0.2, -0.15) is 11.8 Å². The summed E-state index contributed by atoms with van der Waals surface area (Å²) in [5, 5.41) is 3.33. The molecule has 0 saturated carbocycles. The quantitative estimate of drug-likeness (QED) is 0.654. The second-order valence-corrected chi connectivity index (χ2v) is 4.63. The topological polar surface area (TPSA) is 55.1 Å². The van der Waals surface area contributed by atoms with Crippen LogP contribution in [-0.4, -0.2) is 28.9 Å². The van der Waals surface area contributed by atoms with E-state index in [1.54, 1.807) is 11.8 Å². The van der Waals surface area contributed by atoms with Crippen LogP contribution in [0, 0.1) is 0 Å². The molecule has 0 aliphatic heterocycles. The van der Waals surface area contributed by atoms with Gasteiger partial charge in [0.05, 0.1) is 11.4 Å². The molecule has 1 unspecified atom stereocenters. The van der Waals surface area contributed by atoms with Gasteiger partial charge in [-0.3, -0.25) is 4.79 Å². The Labute approximate surface area is 88.8 Å². The number of thioether (sulfide) groups is 1. The highest BCUT2D eigenvalue weighted by molar-refractivity contribution is 7.99. The summed E-state index contributed by atoms with van der Waals surface area (Å²) in [7, 11) is 0. The van der Waals surface area contributed by atoms with Gasteiger partial charge in [-0.25, -0.2) is 0 Å². The SMILES string of the molecule is CSC(C)CCNC(=O)CC(N)=S. The molecule has 5 heteroatoms. The third kappa shape index (κ3) is 8.05. The zero-order valence-electron chi connectivity index (χ0n) is 8.00. The van der Waals surface area contributed by atoms with Crippen LogP contribution in [0.25, 0.3) is 0 Å². The molecule has 0 aromatic rings. The van der Waals surface area contributed by atoms with Crippen LogP contribution in [-0.2, 0) is 4.79 Å². The highest BCUT2D eigenvalue weighted by atomic mass is 32.2. The van der Waals surface area contributed by atoms with E-state index in [2.05, 4.69) is 30.7 Å². The van der Waals surface area contributed by atoms with Crippen LogP contribution in [0.4, 0.5) is 0 Å². The Bertz CT molecular complexity index is 185. The molecule has 0 aromatic carbocycles. The number of thiocarbonyl (C=S) groups is 1. The van der Waals surface area contributed by atoms with Gasteiger partial charge in [0.1, 0.15) is 0 Å². The van der Waals surface area contributed by atoms with Crippen molar-refractivity contribution >= 4 is 34.9 Å². The fraction of sp³-hybridized carbons (Fsp3) is 0.750. The van der Waals surface area contributed by atoms with E-state index in [0.717, 1.165) is 6.42 Å². The van der Waals surface area contributed by atoms with Crippen molar-refractivity contribution in [3.63, 3.8) is 0 Å². The number of nitrogens with two attached hydrogens (primary N) is 1. The molecule has 0 aliphatic rings. The zero-order valence-corrected chi connectivity index (χ0v) is 9.63. The third-order valence-corrected chi connectivity index (χ3v) is 2.79. The minimum Gasteiger partial charge on any atom is -0.393 e. The zero-order chi connectivity index (χ0) is 10.3. The van der Waals surface area contributed by atoms with Gasteiger partial charge < -0.3 is 11.1 Å². The van der Waals surface area contributed by atoms with Gasteiger partial charge in [0, 0.05) is 11.8 Å². The van der Waals surface area contributed by atoms with Crippen molar-refractivity contribution in [1.29, 1.82) is 0 Å². The molecule has 0 bridgehead atoms. The van der Waals surface area contributed by atoms with Gasteiger partial charge in [0.15, 0.2) is 0 Å². The normalized spacial score (nSPS) is 12.2. The molecule has 3 nitrogen and oxygen atoms in total. The molecule has 1 amide bonds. The molecular formula is C8H16N2OS2. The third-order valence-electron chi connectivity index (χ3n) is 1.61. The molecule has 0 fully saturated rings. The molecule has 0 saturated heterocycles. The summed E-state index contributed by atoms with van der Waals surface area (Å²) in [6, 6.07) is 0. The van der Waals surface area contributed by atoms with Crippen LogP contribution >= 0.6 is 24.0 Å². The number of hydrogen-bond donors (Lipinski definition) is 2. The molecule has 0 spiro atoms. The van der Waals surface area contributed by atoms with Gasteiger partial charge in [-0.1, -0.05) is 19.1 Å². The second-order valence-electron chi connectivity index (χ2n) is 2.83. The molecule has 0 heterocycles. The highest BCUT2D eigenvalue weighted by Gasteiger charge is 2.03. The second kappa shape index (κ2) is 7.15. The Morgan fingerprint density at radius 3 is 2.77 bits per heavy atom. The first kappa shape index (κ1) is 12.7. The molecule has 0 radical (unpaired) electrons. The van der Waals surface area contributed by atoms with Crippen molar-refractivity contribution in [1.82, 2.24) is 5.32 Å². The van der Waals surface area contributed by atoms with Gasteiger partial charge in [0.25, 0.3) is 0 Å². The Morgan fingerprint density at radius 2 is 2.31 bits per heavy atom. The highest BCUT2D eigenvalue weighted by Crippen LogP contribution is 2.07. The summed E-state index contributed by atoms with van der Waals surface area (Å²) in [4.78, 5) is 11.3. The van der Waals surface area contributed by atoms with Crippen LogP contribution in [0.2, 0.25) is 0 Å². The van der Waals surface area contributed by atoms with E-state index in [1.807, 2.05) is 0 Å². The standard InChI is InChI=1S/C8H16N2OS2/c1-6(13-2)3-4-10-8(11)5-7(9)12/h6H,3-5H2,1-2H3,(H2,9,12)(H,10,11). The summed E-state index contributed by atoms with van der Waals surface area (Å²) in [6.07, 6.45) is 3.19. The lowest BCUT2D eigenvalue weighted by Gasteiger charge is -2.08. The van der Waals surface area contributed by atoms with Crippen molar-refractivity contribution in [2.24, 2.45) is 5.73 Å². The number of amides is 1. The summed E-state index contributed by atoms with van der Waals surface area (Å²) < 4.78 is 0. The van der Waals surface area contributed by atoms with Crippen molar-refractivity contribution in [3.8, 4) is 0 Å². The van der Waals surface area contributed by atoms with E-state index in [-0.39, 0.29) is 17.3 Å². The van der Waals surface area contributed by atoms with Crippen molar-refractivity contribution in [2.75, 3.05) is 12.8 Å². The maximum absolute atomic E-state index is 11.0. The minimum atomic E-state index is -0.0826. The predicted octanol–water partition coefficient (Wildman–Crippen LogP) is 0.920. The van der Waals surface area contributed by atoms with Crippen molar-refractivity contribution in [3.05, 3.63) is 0 Å². The van der Waals surface area contributed by atoms with E-state index < -0.39 is 0 Å². The lowest BCUT2D eigenvalue weighted by atomic mass is 10.3. The first-order chi connectivity index (χ1) is 6.06. The van der Waals surface area contributed by atoms with Crippen molar-refractivity contribution < 1.29 is 4.79 Å². The monoisotopic (exact) mass is 220 g/mol. The number of nitrogens with one attached hydrogen (secondary N) is 1. The fourth-order valence-corrected chi connectivity index (χ4v) is 1.24. The molecule has 0 rings (SSSR count). The maximum Gasteiger partial charge on any atom is 0.226 e. The fourth-order valence-electron chi connectivity index (χ4n) is 0.753. The molecule has 13 heavy (non-hydrogen) atoms. The molecule has 0 aromatic heterocycles. The molecule has 1 atom stereocenters. The van der Waals surface area contributed by atoms with Crippen LogP contribution < -0.4 is 11.1 Å². The first-order valence-corrected chi connectivity index (χ1v) is 5.83. The van der Waals surface area contributed by atoms with Crippen LogP contribution in [0.5, 0.6) is 0 Å². The average Bonchev–Trinajstić information content (AvgIpc) is 2.02. The van der Waals surface area contributed by atoms with Gasteiger partial charge in [-0.05, 0) is 12.7 Å². The summed E-state index contributed by atoms with van der Waals surface area (Å²) >= 11 is 6.40. The Morgan fingerprint density at radius 1 is 1.69 bits per heavy atom. The van der Waals surface area contributed by atoms with E-state index >= 15 is 0 Å². The Hall–Kier alpha value is -0.290. The average molecular weight is 220 g/mol. The largest absolute Gasteiger partial charge is 0.393 e. The van der Waals surface area contributed by atoms with Crippen LogP contribution in [0.15, 0.2) is 0 Å². The summed E-state index contributed by atoms with van der Waals surface area (Å²) in [5.74, 6) is -0.0826. The van der Waals surface area contributed by atoms with E-state index in [0.29, 0.717) is 11.8 Å². The molecule has 0 aliphatic carbocycles. The Balaban J connectivity index is 3.42. The first-order valence-electron chi connectivity index (χ1n) is 4.14. The van der Waals surface area contributed by atoms with Crippen molar-refractivity contribution in [2.45, 2.75) is 25.0 Å². The van der Waals surface area contributed by atoms with Crippen LogP contribution in [0.1, 0.15) is 19.8 Å². The Kier molecular flexibility index (Phi) is 6.99. The number of hydrogen-bond acceptors (Lipinski definition) is 3. The van der Waals surface area contributed by atoms with E-state index in [4.69, 9.17) is 5.73 Å². The van der Waals surface area contributed by atoms with Gasteiger partial charge in [0.2, 0.25) is 5.91 Å². The predicted molar refractivity (Wildman–Crippen MR) is 62.0 cm³/mol. The number of carbonyl (C=O) groups excluding carboxylic acids is 1. The van der Waals surface area contributed by atoms with E-state index in [9.17, 15) is 4.79 Å². The lowest BCUT2D eigenvalue weighted by molar-refractivity contribution is -0.119. The summed E-state index contributed by atoms with van der Waals surface area (Å²) in [5.41, 5.74) is 5.22. The van der Waals surface area contributed by atoms with Crippen LogP contribution in [0.3, 0.4) is 0 Å². The number of rotatable bonds is 6. The van der Waals surface area contributed by atoms with E-state index in [1.165, 1.54) is 0 Å². The smallest absolute Gasteiger partial charge is 0.226 e. The van der Waals surface area contributed by atoms with Gasteiger partial charge >= 0.3 is 0 Å². The molecule has 3 N–H and O–H groups in total. The van der Waals surface area contributed by atoms with Gasteiger partial charge in [-0.15, -0.1) is 0 Å². The lowest BCUT2D eigenvalue weighted by Crippen LogP contribution is -2.29. The molecular weight excluding hydrogens is 204 g/mol.